The highest BCUT2D eigenvalue weighted by molar-refractivity contribution is 5.78. The van der Waals surface area contributed by atoms with Gasteiger partial charge in [0.05, 0.1) is 12.8 Å². The Bertz CT molecular complexity index is 251. The molecule has 0 radical (unpaired) electrons. The summed E-state index contributed by atoms with van der Waals surface area (Å²) in [7, 11) is 5.94. The molecule has 0 aliphatic rings. The Balaban J connectivity index is -0.0000000567. The van der Waals surface area contributed by atoms with Gasteiger partial charge in [0, 0.05) is 27.6 Å². The third-order valence-electron chi connectivity index (χ3n) is 1.04. The molecule has 1 amide bonds. The van der Waals surface area contributed by atoms with Crippen LogP contribution in [0.1, 0.15) is 41.5 Å². The zero-order chi connectivity index (χ0) is 19.0. The van der Waals surface area contributed by atoms with Gasteiger partial charge in [-0.3, -0.25) is 9.59 Å². The predicted molar refractivity (Wildman–Crippen MR) is 91.1 cm³/mol. The summed E-state index contributed by atoms with van der Waals surface area (Å²) in [6, 6.07) is 0. The first-order valence-electron chi connectivity index (χ1n) is 6.49. The molecule has 8 nitrogen and oxygen atoms in total. The van der Waals surface area contributed by atoms with Crippen LogP contribution < -0.4 is 5.32 Å². The Morgan fingerprint density at radius 2 is 1.23 bits per heavy atom. The molecule has 0 aromatic rings. The normalized spacial score (nSPS) is 6.27. The molecule has 0 aliphatic carbocycles. The van der Waals surface area contributed by atoms with Crippen LogP contribution in [0, 0.1) is 0 Å². The number of amides is 1. The number of carbonyl (C=O) groups excluding carboxylic acids is 2. The van der Waals surface area contributed by atoms with E-state index < -0.39 is 0 Å². The molecule has 0 aromatic carbocycles. The minimum absolute atomic E-state index is 0.00463. The van der Waals surface area contributed by atoms with E-state index in [1.54, 1.807) is 7.05 Å². The molecule has 0 atom stereocenters. The van der Waals surface area contributed by atoms with Gasteiger partial charge in [0.25, 0.3) is 0 Å². The molecule has 0 rings (SSSR count). The number of esters is 1. The van der Waals surface area contributed by atoms with E-state index in [1.165, 1.54) is 35.2 Å². The molecule has 8 heteroatoms. The number of hydrogen-bond donors (Lipinski definition) is 1. The van der Waals surface area contributed by atoms with Crippen molar-refractivity contribution >= 4 is 24.3 Å². The van der Waals surface area contributed by atoms with Crippen LogP contribution in [0.5, 0.6) is 0 Å². The minimum atomic E-state index is -0.245. The fourth-order valence-corrected chi connectivity index (χ4v) is 0.183. The average Bonchev–Trinajstić information content (AvgIpc) is 2.50. The van der Waals surface area contributed by atoms with Gasteiger partial charge in [-0.15, -0.1) is 5.16 Å². The number of ether oxygens (including phenoxy) is 1. The van der Waals surface area contributed by atoms with E-state index in [-0.39, 0.29) is 11.9 Å². The highest BCUT2D eigenvalue weighted by Gasteiger charge is 1.75. The van der Waals surface area contributed by atoms with Crippen molar-refractivity contribution in [1.82, 2.24) is 5.32 Å². The topological polar surface area (TPSA) is 98.6 Å². The number of methoxy groups -OCH3 is 1. The van der Waals surface area contributed by atoms with Crippen molar-refractivity contribution in [1.29, 1.82) is 0 Å². The first-order chi connectivity index (χ1) is 10.2. The second-order valence-corrected chi connectivity index (χ2v) is 3.03. The lowest BCUT2D eigenvalue weighted by Gasteiger charge is -1.83. The fraction of sp³-hybridized carbons (Fsp3) is 0.714. The monoisotopic (exact) mass is 323 g/mol. The van der Waals surface area contributed by atoms with Crippen LogP contribution in [0.25, 0.3) is 0 Å². The van der Waals surface area contributed by atoms with Crippen molar-refractivity contribution in [3.63, 3.8) is 0 Å². The highest BCUT2D eigenvalue weighted by Crippen LogP contribution is 1.71. The van der Waals surface area contributed by atoms with Gasteiger partial charge in [-0.05, 0) is 13.8 Å². The third-order valence-corrected chi connectivity index (χ3v) is 1.04. The number of nitrogens with zero attached hydrogens (tertiary/aromatic N) is 2. The van der Waals surface area contributed by atoms with Gasteiger partial charge in [-0.25, -0.2) is 0 Å². The van der Waals surface area contributed by atoms with Crippen molar-refractivity contribution < 1.29 is 24.0 Å². The van der Waals surface area contributed by atoms with Crippen LogP contribution in [0.3, 0.4) is 0 Å². The Hall–Kier alpha value is -2.12. The molecular formula is C14H33N3O5. The first kappa shape index (κ1) is 32.0. The Kier molecular flexibility index (Phi) is 52.9. The zero-order valence-corrected chi connectivity index (χ0v) is 15.6. The maximum Gasteiger partial charge on any atom is 0.302 e. The quantitative estimate of drug-likeness (QED) is 0.477. The lowest BCUT2D eigenvalue weighted by Crippen LogP contribution is -2.11. The molecule has 22 heavy (non-hydrogen) atoms. The van der Waals surface area contributed by atoms with Gasteiger partial charge in [-0.2, -0.15) is 0 Å². The van der Waals surface area contributed by atoms with Crippen molar-refractivity contribution in [2.45, 2.75) is 41.5 Å². The molecule has 0 spiro atoms. The number of rotatable bonds is 2. The Labute approximate surface area is 134 Å². The lowest BCUT2D eigenvalue weighted by atomic mass is 10.5. The van der Waals surface area contributed by atoms with Crippen LogP contribution in [0.4, 0.5) is 0 Å². The number of carbonyl (C=O) groups is 2. The Morgan fingerprint density at radius 3 is 1.23 bits per heavy atom. The Morgan fingerprint density at radius 1 is 0.955 bits per heavy atom. The maximum absolute atomic E-state index is 9.70. The van der Waals surface area contributed by atoms with E-state index >= 15 is 0 Å². The smallest absolute Gasteiger partial charge is 0.302 e. The molecule has 0 aliphatic heterocycles. The number of oxime groups is 2. The molecule has 0 fully saturated rings. The van der Waals surface area contributed by atoms with E-state index in [9.17, 15) is 9.59 Å². The molecule has 1 N–H and O–H groups in total. The number of hydrogen-bond acceptors (Lipinski definition) is 7. The summed E-state index contributed by atoms with van der Waals surface area (Å²) < 4.78 is 4.11. The summed E-state index contributed by atoms with van der Waals surface area (Å²) in [4.78, 5) is 27.7. The van der Waals surface area contributed by atoms with Crippen molar-refractivity contribution in [2.75, 3.05) is 28.4 Å². The van der Waals surface area contributed by atoms with Crippen LogP contribution in [0.15, 0.2) is 10.3 Å². The van der Waals surface area contributed by atoms with Crippen molar-refractivity contribution in [2.24, 2.45) is 10.3 Å². The van der Waals surface area contributed by atoms with Gasteiger partial charge in [0.2, 0.25) is 5.91 Å². The highest BCUT2D eigenvalue weighted by atomic mass is 16.6. The lowest BCUT2D eigenvalue weighted by molar-refractivity contribution is -0.137. The molecule has 134 valence electrons. The molecule has 0 aromatic heterocycles. The van der Waals surface area contributed by atoms with Crippen molar-refractivity contribution in [3.8, 4) is 0 Å². The average molecular weight is 323 g/mol. The summed E-state index contributed by atoms with van der Waals surface area (Å²) in [5.74, 6) is -0.241. The first-order valence-corrected chi connectivity index (χ1v) is 6.49. The van der Waals surface area contributed by atoms with Crippen LogP contribution >= 0.6 is 0 Å². The molecular weight excluding hydrogens is 290 g/mol. The summed E-state index contributed by atoms with van der Waals surface area (Å²) in [6.45, 7) is 13.6. The van der Waals surface area contributed by atoms with Gasteiger partial charge in [0.1, 0.15) is 14.2 Å². The molecule has 0 bridgehead atoms. The van der Waals surface area contributed by atoms with Gasteiger partial charge in [0.15, 0.2) is 0 Å². The summed E-state index contributed by atoms with van der Waals surface area (Å²) in [6.07, 6.45) is 0. The second kappa shape index (κ2) is 36.4. The van der Waals surface area contributed by atoms with E-state index in [1.807, 2.05) is 27.7 Å². The van der Waals surface area contributed by atoms with E-state index in [0.29, 0.717) is 0 Å². The minimum Gasteiger partial charge on any atom is -0.469 e. The fourth-order valence-electron chi connectivity index (χ4n) is 0.183. The SMILES string of the molecule is C=NOC.CC.CNC(C)=O.COC(C)=O.CON=C(C)C. The van der Waals surface area contributed by atoms with Gasteiger partial charge in [-0.1, -0.05) is 19.0 Å². The zero-order valence-electron chi connectivity index (χ0n) is 15.6. The van der Waals surface area contributed by atoms with Crippen LogP contribution in [0.2, 0.25) is 0 Å². The van der Waals surface area contributed by atoms with Crippen LogP contribution in [-0.2, 0) is 24.0 Å². The summed E-state index contributed by atoms with van der Waals surface area (Å²) in [5, 5.41) is 8.92. The van der Waals surface area contributed by atoms with Gasteiger partial charge >= 0.3 is 5.97 Å². The standard InChI is InChI=1S/C4H9NO.C3H7NO.C3H6O2.C2H5NO.C2H6/c1-4(2)5-6-3;1-3(5)4-2;1-3(4)5-2;1-3-4-2;1-2/h1-3H3;1-2H3,(H,4,5);1-2H3;1H2,2H3;1-2H3. The van der Waals surface area contributed by atoms with E-state index in [2.05, 4.69) is 36.8 Å². The summed E-state index contributed by atoms with van der Waals surface area (Å²) in [5.41, 5.74) is 0.942. The van der Waals surface area contributed by atoms with Gasteiger partial charge < -0.3 is 19.7 Å². The second-order valence-electron chi connectivity index (χ2n) is 3.03. The van der Waals surface area contributed by atoms with Crippen LogP contribution in [-0.4, -0.2) is 52.7 Å². The van der Waals surface area contributed by atoms with Crippen molar-refractivity contribution in [3.05, 3.63) is 0 Å². The predicted octanol–water partition coefficient (Wildman–Crippen LogP) is 2.23. The summed E-state index contributed by atoms with van der Waals surface area (Å²) >= 11 is 0. The molecule has 0 heterocycles. The maximum atomic E-state index is 9.70. The van der Waals surface area contributed by atoms with E-state index in [4.69, 9.17) is 0 Å². The molecule has 0 saturated heterocycles. The molecule has 0 unspecified atom stereocenters. The van der Waals surface area contributed by atoms with E-state index in [0.717, 1.165) is 5.71 Å². The largest absolute Gasteiger partial charge is 0.469 e. The molecule has 0 saturated carbocycles. The number of nitrogens with one attached hydrogen (secondary N) is 1. The third kappa shape index (κ3) is 147.